The average Bonchev–Trinajstić information content (AvgIpc) is 3.57. The van der Waals surface area contributed by atoms with Crippen LogP contribution in [0.2, 0.25) is 0 Å². The number of aliphatic hydroxyl groups excluding tert-OH is 1. The molecule has 0 radical (unpaired) electrons. The van der Waals surface area contributed by atoms with Crippen LogP contribution in [0.5, 0.6) is 0 Å². The third-order valence-electron chi connectivity index (χ3n) is 7.69. The maximum absolute atomic E-state index is 14.1. The van der Waals surface area contributed by atoms with E-state index < -0.39 is 48.1 Å². The van der Waals surface area contributed by atoms with E-state index in [0.29, 0.717) is 6.61 Å². The van der Waals surface area contributed by atoms with Crippen LogP contribution in [0.4, 0.5) is 13.2 Å². The number of hydrogen-bond acceptors (Lipinski definition) is 7. The van der Waals surface area contributed by atoms with Crippen molar-refractivity contribution in [3.8, 4) is 11.3 Å². The average molecular weight is 632 g/mol. The molecule has 1 aromatic heterocycles. The Morgan fingerprint density at radius 3 is 1.80 bits per heavy atom. The topological polar surface area (TPSA) is 87.9 Å². The van der Waals surface area contributed by atoms with Crippen LogP contribution in [0, 0.1) is 17.5 Å². The van der Waals surface area contributed by atoms with Crippen molar-refractivity contribution in [1.82, 2.24) is 15.0 Å². The SMILES string of the molecule is OC1O[C@H](COCc2ccccc2)[C@H](OCc2ccccc2)[C@H](n2cc(-c3cc(F)c(F)c(F)c3)nn2)[C@H]1OCc1ccccc1. The highest BCUT2D eigenvalue weighted by Crippen LogP contribution is 2.35. The van der Waals surface area contributed by atoms with Gasteiger partial charge in [0.2, 0.25) is 0 Å². The van der Waals surface area contributed by atoms with Gasteiger partial charge in [-0.1, -0.05) is 96.2 Å². The van der Waals surface area contributed by atoms with Crippen LogP contribution >= 0.6 is 0 Å². The molecule has 1 fully saturated rings. The highest BCUT2D eigenvalue weighted by molar-refractivity contribution is 5.58. The lowest BCUT2D eigenvalue weighted by atomic mass is 9.95. The van der Waals surface area contributed by atoms with E-state index in [0.717, 1.165) is 28.8 Å². The van der Waals surface area contributed by atoms with Gasteiger partial charge in [0, 0.05) is 5.56 Å². The Hall–Kier alpha value is -4.39. The minimum absolute atomic E-state index is 0.0125. The zero-order chi connectivity index (χ0) is 31.9. The van der Waals surface area contributed by atoms with Crippen LogP contribution in [-0.2, 0) is 38.8 Å². The van der Waals surface area contributed by atoms with Gasteiger partial charge in [-0.25, -0.2) is 17.9 Å². The maximum atomic E-state index is 14.1. The molecule has 0 amide bonds. The van der Waals surface area contributed by atoms with Crippen molar-refractivity contribution in [3.63, 3.8) is 0 Å². The molecule has 0 spiro atoms. The van der Waals surface area contributed by atoms with E-state index in [1.54, 1.807) is 0 Å². The van der Waals surface area contributed by atoms with E-state index in [-0.39, 0.29) is 31.1 Å². The van der Waals surface area contributed by atoms with Crippen LogP contribution in [0.25, 0.3) is 11.3 Å². The van der Waals surface area contributed by atoms with Gasteiger partial charge in [-0.15, -0.1) is 5.10 Å². The fourth-order valence-corrected chi connectivity index (χ4v) is 5.39. The normalized spacial score (nSPS) is 21.3. The first-order chi connectivity index (χ1) is 22.5. The number of hydrogen-bond donors (Lipinski definition) is 1. The van der Waals surface area contributed by atoms with Gasteiger partial charge in [-0.2, -0.15) is 0 Å². The van der Waals surface area contributed by atoms with E-state index >= 15 is 0 Å². The fourth-order valence-electron chi connectivity index (χ4n) is 5.39. The van der Waals surface area contributed by atoms with Gasteiger partial charge < -0.3 is 24.1 Å². The second-order valence-electron chi connectivity index (χ2n) is 10.9. The fraction of sp³-hybridized carbons (Fsp3) is 0.257. The number of aromatic nitrogens is 3. The van der Waals surface area contributed by atoms with Crippen LogP contribution in [0.3, 0.4) is 0 Å². The lowest BCUT2D eigenvalue weighted by molar-refractivity contribution is -0.293. The molecule has 1 unspecified atom stereocenters. The molecule has 46 heavy (non-hydrogen) atoms. The van der Waals surface area contributed by atoms with Gasteiger partial charge in [-0.05, 0) is 28.8 Å². The smallest absolute Gasteiger partial charge is 0.194 e. The lowest BCUT2D eigenvalue weighted by Gasteiger charge is -2.44. The zero-order valence-electron chi connectivity index (χ0n) is 24.7. The Morgan fingerprint density at radius 2 is 1.24 bits per heavy atom. The predicted octanol–water partition coefficient (Wildman–Crippen LogP) is 6.01. The first-order valence-corrected chi connectivity index (χ1v) is 14.8. The van der Waals surface area contributed by atoms with Crippen LogP contribution in [-0.4, -0.2) is 51.3 Å². The Kier molecular flexibility index (Phi) is 10.2. The summed E-state index contributed by atoms with van der Waals surface area (Å²) in [6.07, 6.45) is -2.56. The van der Waals surface area contributed by atoms with Crippen molar-refractivity contribution in [2.45, 2.75) is 50.5 Å². The van der Waals surface area contributed by atoms with Crippen molar-refractivity contribution >= 4 is 0 Å². The molecule has 2 heterocycles. The molecule has 1 aliphatic heterocycles. The predicted molar refractivity (Wildman–Crippen MR) is 161 cm³/mol. The van der Waals surface area contributed by atoms with Crippen molar-refractivity contribution in [2.24, 2.45) is 0 Å². The number of nitrogens with zero attached hydrogens (tertiary/aromatic N) is 3. The second-order valence-corrected chi connectivity index (χ2v) is 10.9. The molecule has 0 aliphatic carbocycles. The maximum Gasteiger partial charge on any atom is 0.194 e. The third kappa shape index (κ3) is 7.52. The Labute approximate surface area is 263 Å². The summed E-state index contributed by atoms with van der Waals surface area (Å²) in [4.78, 5) is 0. The molecule has 1 saturated heterocycles. The molecule has 8 nitrogen and oxygen atoms in total. The van der Waals surface area contributed by atoms with E-state index in [1.807, 2.05) is 91.0 Å². The summed E-state index contributed by atoms with van der Waals surface area (Å²) < 4.78 is 68.2. The summed E-state index contributed by atoms with van der Waals surface area (Å²) in [5.41, 5.74) is 2.79. The van der Waals surface area contributed by atoms with Crippen LogP contribution in [0.15, 0.2) is 109 Å². The van der Waals surface area contributed by atoms with Gasteiger partial charge in [0.25, 0.3) is 0 Å². The van der Waals surface area contributed by atoms with Gasteiger partial charge in [0.15, 0.2) is 23.7 Å². The first kappa shape index (κ1) is 31.6. The lowest BCUT2D eigenvalue weighted by Crippen LogP contribution is -2.57. The van der Waals surface area contributed by atoms with Gasteiger partial charge in [-0.3, -0.25) is 0 Å². The molecule has 1 aliphatic rings. The molecular weight excluding hydrogens is 599 g/mol. The quantitative estimate of drug-likeness (QED) is 0.169. The highest BCUT2D eigenvalue weighted by Gasteiger charge is 2.49. The molecular formula is C35H32F3N3O5. The van der Waals surface area contributed by atoms with Gasteiger partial charge in [0.1, 0.15) is 30.0 Å². The van der Waals surface area contributed by atoms with E-state index in [2.05, 4.69) is 10.3 Å². The summed E-state index contributed by atoms with van der Waals surface area (Å²) >= 11 is 0. The summed E-state index contributed by atoms with van der Waals surface area (Å²) in [5.74, 6) is -4.28. The first-order valence-electron chi connectivity index (χ1n) is 14.8. The largest absolute Gasteiger partial charge is 0.374 e. The number of aliphatic hydroxyl groups is 1. The third-order valence-corrected chi connectivity index (χ3v) is 7.69. The summed E-state index contributed by atoms with van der Waals surface area (Å²) in [6, 6.07) is 29.4. The van der Waals surface area contributed by atoms with Crippen molar-refractivity contribution in [3.05, 3.63) is 143 Å². The van der Waals surface area contributed by atoms with E-state index in [9.17, 15) is 18.3 Å². The number of ether oxygens (including phenoxy) is 4. The number of halogens is 3. The van der Waals surface area contributed by atoms with Gasteiger partial charge in [0.05, 0.1) is 32.6 Å². The summed E-state index contributed by atoms with van der Waals surface area (Å²) in [5, 5.41) is 19.7. The van der Waals surface area contributed by atoms with Crippen molar-refractivity contribution in [1.29, 1.82) is 0 Å². The zero-order valence-corrected chi connectivity index (χ0v) is 24.7. The molecule has 0 bridgehead atoms. The minimum atomic E-state index is -1.58. The molecule has 11 heteroatoms. The Balaban J connectivity index is 1.33. The number of rotatable bonds is 12. The van der Waals surface area contributed by atoms with Crippen LogP contribution < -0.4 is 0 Å². The Morgan fingerprint density at radius 1 is 0.717 bits per heavy atom. The van der Waals surface area contributed by atoms with E-state index in [1.165, 1.54) is 10.9 Å². The Bertz CT molecular complexity index is 1670. The summed E-state index contributed by atoms with van der Waals surface area (Å²) in [7, 11) is 0. The molecule has 5 aromatic rings. The molecule has 1 N–H and O–H groups in total. The van der Waals surface area contributed by atoms with Crippen molar-refractivity contribution in [2.75, 3.05) is 6.61 Å². The van der Waals surface area contributed by atoms with E-state index in [4.69, 9.17) is 18.9 Å². The molecule has 6 rings (SSSR count). The molecule has 238 valence electrons. The standard InChI is InChI=1S/C35H32F3N3O5/c36-27-16-26(17-28(37)31(27)38)29-18-41(40-39-29)32-33(44-20-24-12-6-2-7-13-24)30(22-43-19-23-10-4-1-5-11-23)46-35(42)34(32)45-21-25-14-8-3-9-15-25/h1-18,30,32-35,42H,19-22H2/t30-,32+,33+,34-,35?/m1/s1. The monoisotopic (exact) mass is 631 g/mol. The van der Waals surface area contributed by atoms with Crippen LogP contribution in [0.1, 0.15) is 22.7 Å². The summed E-state index contributed by atoms with van der Waals surface area (Å²) in [6.45, 7) is 0.691. The minimum Gasteiger partial charge on any atom is -0.374 e. The molecule has 0 saturated carbocycles. The van der Waals surface area contributed by atoms with Crippen molar-refractivity contribution < 1.29 is 37.2 Å². The molecule has 4 aromatic carbocycles. The highest BCUT2D eigenvalue weighted by atomic mass is 19.2. The van der Waals surface area contributed by atoms with Gasteiger partial charge >= 0.3 is 0 Å². The molecule has 5 atom stereocenters. The number of benzene rings is 4. The second kappa shape index (κ2) is 14.8.